The van der Waals surface area contributed by atoms with Crippen LogP contribution in [0.1, 0.15) is 21.8 Å². The lowest BCUT2D eigenvalue weighted by atomic mass is 10.1. The van der Waals surface area contributed by atoms with Gasteiger partial charge in [-0.2, -0.15) is 0 Å². The van der Waals surface area contributed by atoms with Crippen LogP contribution in [0.4, 0.5) is 10.2 Å². The van der Waals surface area contributed by atoms with Crippen molar-refractivity contribution in [2.45, 2.75) is 13.3 Å². The first-order valence-corrected chi connectivity index (χ1v) is 10.8. The molecule has 1 aliphatic rings. The van der Waals surface area contributed by atoms with E-state index in [1.165, 1.54) is 23.5 Å². The zero-order chi connectivity index (χ0) is 21.1. The summed E-state index contributed by atoms with van der Waals surface area (Å²) in [6.07, 6.45) is 0.829. The second-order valence-electron chi connectivity index (χ2n) is 7.13. The van der Waals surface area contributed by atoms with E-state index in [9.17, 15) is 9.18 Å². The molecule has 0 unspecified atom stereocenters. The van der Waals surface area contributed by atoms with Gasteiger partial charge in [0.15, 0.2) is 4.96 Å². The lowest BCUT2D eigenvalue weighted by Crippen LogP contribution is -2.40. The van der Waals surface area contributed by atoms with Crippen LogP contribution in [0.15, 0.2) is 24.3 Å². The topological polar surface area (TPSA) is 68.1 Å². The molecule has 9 heteroatoms. The highest BCUT2D eigenvalue weighted by Gasteiger charge is 2.26. The molecular weight excluding hydrogens is 407 g/mol. The number of morpholine rings is 1. The second-order valence-corrected chi connectivity index (χ2v) is 8.11. The molecule has 3 aromatic rings. The van der Waals surface area contributed by atoms with E-state index in [2.05, 4.69) is 5.32 Å². The molecule has 4 rings (SSSR count). The van der Waals surface area contributed by atoms with Crippen molar-refractivity contribution in [1.29, 1.82) is 0 Å². The number of thiazole rings is 1. The summed E-state index contributed by atoms with van der Waals surface area (Å²) in [4.78, 5) is 21.1. The Bertz CT molecular complexity index is 1030. The minimum absolute atomic E-state index is 0.0139. The van der Waals surface area contributed by atoms with E-state index in [-0.39, 0.29) is 11.7 Å². The second kappa shape index (κ2) is 9.11. The van der Waals surface area contributed by atoms with E-state index in [4.69, 9.17) is 14.5 Å². The number of hydrogen-bond acceptors (Lipinski definition) is 6. The van der Waals surface area contributed by atoms with Gasteiger partial charge in [-0.15, -0.1) is 0 Å². The number of carbonyl (C=O) groups is 1. The number of ether oxygens (including phenoxy) is 2. The SMILES string of the molecule is COCCCNc1c(-c2ccc(F)cc2)nc2sc(C(=O)N3CCOCC3)c(C)n12. The van der Waals surface area contributed by atoms with Crippen molar-refractivity contribution >= 4 is 28.0 Å². The molecule has 1 aromatic carbocycles. The van der Waals surface area contributed by atoms with Crippen LogP contribution in [-0.4, -0.2) is 66.8 Å². The van der Waals surface area contributed by atoms with Gasteiger partial charge in [-0.05, 0) is 37.6 Å². The van der Waals surface area contributed by atoms with Crippen molar-refractivity contribution < 1.29 is 18.7 Å². The van der Waals surface area contributed by atoms with Crippen LogP contribution in [0, 0.1) is 12.7 Å². The van der Waals surface area contributed by atoms with Gasteiger partial charge >= 0.3 is 0 Å². The first-order chi connectivity index (χ1) is 14.6. The number of aromatic nitrogens is 2. The normalized spacial score (nSPS) is 14.4. The number of amides is 1. The van der Waals surface area contributed by atoms with Crippen molar-refractivity contribution in [2.24, 2.45) is 0 Å². The third-order valence-corrected chi connectivity index (χ3v) is 6.26. The summed E-state index contributed by atoms with van der Waals surface area (Å²) in [5, 5.41) is 3.45. The smallest absolute Gasteiger partial charge is 0.266 e. The Balaban J connectivity index is 1.73. The van der Waals surface area contributed by atoms with E-state index in [0.29, 0.717) is 44.3 Å². The summed E-state index contributed by atoms with van der Waals surface area (Å²) in [6.45, 7) is 5.60. The van der Waals surface area contributed by atoms with Gasteiger partial charge in [0.25, 0.3) is 5.91 Å². The average molecular weight is 433 g/mol. The number of aryl methyl sites for hydroxylation is 1. The van der Waals surface area contributed by atoms with Gasteiger partial charge in [0.2, 0.25) is 0 Å². The maximum Gasteiger partial charge on any atom is 0.266 e. The Labute approximate surface area is 178 Å². The summed E-state index contributed by atoms with van der Waals surface area (Å²) < 4.78 is 25.9. The fourth-order valence-electron chi connectivity index (χ4n) is 3.55. The van der Waals surface area contributed by atoms with Crippen LogP contribution in [0.3, 0.4) is 0 Å². The number of benzene rings is 1. The lowest BCUT2D eigenvalue weighted by Gasteiger charge is -2.26. The quantitative estimate of drug-likeness (QED) is 0.580. The van der Waals surface area contributed by atoms with Crippen molar-refractivity contribution in [3.05, 3.63) is 40.7 Å². The third-order valence-electron chi connectivity index (χ3n) is 5.13. The number of imidazole rings is 1. The largest absolute Gasteiger partial charge is 0.385 e. The number of carbonyl (C=O) groups excluding carboxylic acids is 1. The first-order valence-electron chi connectivity index (χ1n) is 9.97. The predicted octanol–water partition coefficient (Wildman–Crippen LogP) is 3.43. The summed E-state index contributed by atoms with van der Waals surface area (Å²) in [5.41, 5.74) is 2.41. The summed E-state index contributed by atoms with van der Waals surface area (Å²) in [7, 11) is 1.67. The molecule has 1 N–H and O–H groups in total. The summed E-state index contributed by atoms with van der Waals surface area (Å²) in [6, 6.07) is 6.30. The molecule has 0 spiro atoms. The number of methoxy groups -OCH3 is 1. The lowest BCUT2D eigenvalue weighted by molar-refractivity contribution is 0.0305. The monoisotopic (exact) mass is 432 g/mol. The molecule has 7 nitrogen and oxygen atoms in total. The average Bonchev–Trinajstić information content (AvgIpc) is 3.29. The van der Waals surface area contributed by atoms with E-state index in [1.807, 2.05) is 16.2 Å². The Morgan fingerprint density at radius 3 is 2.73 bits per heavy atom. The van der Waals surface area contributed by atoms with E-state index in [0.717, 1.165) is 34.2 Å². The van der Waals surface area contributed by atoms with Crippen molar-refractivity contribution in [1.82, 2.24) is 14.3 Å². The number of halogens is 1. The molecule has 1 amide bonds. The van der Waals surface area contributed by atoms with Gasteiger partial charge < -0.3 is 19.7 Å². The predicted molar refractivity (Wildman–Crippen MR) is 115 cm³/mol. The standard InChI is InChI=1S/C21H25FN4O3S/c1-14-18(20(27)25-9-12-29-13-10-25)30-21-24-17(15-4-6-16(22)7-5-15)19(26(14)21)23-8-3-11-28-2/h4-7,23H,3,8-13H2,1-2H3. The third kappa shape index (κ3) is 4.05. The van der Waals surface area contributed by atoms with Crippen molar-refractivity contribution in [2.75, 3.05) is 51.9 Å². The highest BCUT2D eigenvalue weighted by atomic mass is 32.1. The van der Waals surface area contributed by atoms with Gasteiger partial charge in [0.1, 0.15) is 22.2 Å². The molecule has 0 bridgehead atoms. The van der Waals surface area contributed by atoms with Gasteiger partial charge in [-0.1, -0.05) is 11.3 Å². The van der Waals surface area contributed by atoms with E-state index >= 15 is 0 Å². The summed E-state index contributed by atoms with van der Waals surface area (Å²) >= 11 is 1.38. The molecule has 3 heterocycles. The van der Waals surface area contributed by atoms with Crippen LogP contribution >= 0.6 is 11.3 Å². The van der Waals surface area contributed by atoms with Gasteiger partial charge in [0, 0.05) is 44.6 Å². The molecule has 160 valence electrons. The Kier molecular flexibility index (Phi) is 6.31. The Hall–Kier alpha value is -2.49. The van der Waals surface area contributed by atoms with Crippen LogP contribution in [0.2, 0.25) is 0 Å². The molecule has 0 aliphatic carbocycles. The number of fused-ring (bicyclic) bond motifs is 1. The molecular formula is C21H25FN4O3S. The number of hydrogen-bond donors (Lipinski definition) is 1. The van der Waals surface area contributed by atoms with Gasteiger partial charge in [0.05, 0.1) is 13.2 Å². The van der Waals surface area contributed by atoms with Crippen LogP contribution in [-0.2, 0) is 9.47 Å². The van der Waals surface area contributed by atoms with Gasteiger partial charge in [-0.3, -0.25) is 9.20 Å². The van der Waals surface area contributed by atoms with Crippen molar-refractivity contribution in [3.63, 3.8) is 0 Å². The Morgan fingerprint density at radius 1 is 1.30 bits per heavy atom. The van der Waals surface area contributed by atoms with Crippen LogP contribution in [0.25, 0.3) is 16.2 Å². The molecule has 1 aliphatic heterocycles. The highest BCUT2D eigenvalue weighted by molar-refractivity contribution is 7.19. The number of nitrogens with one attached hydrogen (secondary N) is 1. The maximum atomic E-state index is 13.4. The molecule has 2 aromatic heterocycles. The fraction of sp³-hybridized carbons (Fsp3) is 0.429. The molecule has 0 saturated carbocycles. The minimum atomic E-state index is -0.288. The molecule has 30 heavy (non-hydrogen) atoms. The fourth-order valence-corrected chi connectivity index (χ4v) is 4.64. The zero-order valence-electron chi connectivity index (χ0n) is 17.1. The van der Waals surface area contributed by atoms with E-state index in [1.54, 1.807) is 19.2 Å². The zero-order valence-corrected chi connectivity index (χ0v) is 17.9. The minimum Gasteiger partial charge on any atom is -0.385 e. The number of anilines is 1. The molecule has 1 saturated heterocycles. The van der Waals surface area contributed by atoms with Crippen molar-refractivity contribution in [3.8, 4) is 11.3 Å². The number of rotatable bonds is 7. The number of nitrogens with zero attached hydrogens (tertiary/aromatic N) is 3. The van der Waals surface area contributed by atoms with E-state index < -0.39 is 0 Å². The maximum absolute atomic E-state index is 13.4. The van der Waals surface area contributed by atoms with Gasteiger partial charge in [-0.25, -0.2) is 9.37 Å². The highest BCUT2D eigenvalue weighted by Crippen LogP contribution is 2.35. The molecule has 1 fully saturated rings. The Morgan fingerprint density at radius 2 is 2.03 bits per heavy atom. The molecule has 0 radical (unpaired) electrons. The summed E-state index contributed by atoms with van der Waals surface area (Å²) in [5.74, 6) is 0.534. The first kappa shape index (κ1) is 20.8. The van der Waals surface area contributed by atoms with Crippen LogP contribution < -0.4 is 5.32 Å². The van der Waals surface area contributed by atoms with Crippen LogP contribution in [0.5, 0.6) is 0 Å². The molecule has 0 atom stereocenters.